The summed E-state index contributed by atoms with van der Waals surface area (Å²) in [7, 11) is 2.19. The normalized spacial score (nSPS) is 19.4. The molecule has 1 fully saturated rings. The minimum atomic E-state index is 0.429. The molecule has 110 valence electrons. The van der Waals surface area contributed by atoms with Gasteiger partial charge in [-0.05, 0) is 38.1 Å². The molecular formula is C18H22N2O. The van der Waals surface area contributed by atoms with Crippen LogP contribution in [0, 0.1) is 0 Å². The monoisotopic (exact) mass is 282 g/mol. The molecule has 0 aliphatic carbocycles. The maximum atomic E-state index is 5.99. The minimum absolute atomic E-state index is 0.429. The second kappa shape index (κ2) is 6.72. The molecule has 0 amide bonds. The Bertz CT molecular complexity index is 570. The summed E-state index contributed by atoms with van der Waals surface area (Å²) in [6, 6.07) is 14.8. The van der Waals surface area contributed by atoms with Crippen molar-refractivity contribution in [1.82, 2.24) is 9.88 Å². The molecule has 1 aromatic heterocycles. The maximum Gasteiger partial charge on any atom is 0.218 e. The second-order valence-electron chi connectivity index (χ2n) is 5.66. The van der Waals surface area contributed by atoms with Crippen LogP contribution in [0.1, 0.15) is 36.4 Å². The molecule has 1 saturated heterocycles. The Hall–Kier alpha value is -1.87. The van der Waals surface area contributed by atoms with Crippen molar-refractivity contribution in [3.05, 3.63) is 59.8 Å². The molecule has 3 nitrogen and oxygen atoms in total. The van der Waals surface area contributed by atoms with E-state index >= 15 is 0 Å². The highest BCUT2D eigenvalue weighted by Crippen LogP contribution is 2.34. The third-order valence-electron chi connectivity index (χ3n) is 4.15. The number of pyridine rings is 1. The fourth-order valence-electron chi connectivity index (χ4n) is 2.97. The van der Waals surface area contributed by atoms with Crippen LogP contribution in [0.2, 0.25) is 0 Å². The average Bonchev–Trinajstić information content (AvgIpc) is 2.55. The van der Waals surface area contributed by atoms with E-state index in [0.29, 0.717) is 12.6 Å². The number of nitrogens with zero attached hydrogens (tertiary/aromatic N) is 2. The largest absolute Gasteiger partial charge is 0.473 e. The van der Waals surface area contributed by atoms with Gasteiger partial charge in [-0.3, -0.25) is 4.90 Å². The van der Waals surface area contributed by atoms with Crippen LogP contribution >= 0.6 is 0 Å². The van der Waals surface area contributed by atoms with E-state index in [0.717, 1.165) is 12.4 Å². The van der Waals surface area contributed by atoms with Crippen LogP contribution in [-0.2, 0) is 6.61 Å². The standard InChI is InChI=1S/C18H22N2O/c1-20-13-6-5-11-17(20)16-10-7-12-19-18(16)21-14-15-8-3-2-4-9-15/h2-4,7-10,12,17H,5-6,11,13-14H2,1H3/t17-/m0/s1. The molecule has 3 heteroatoms. The third kappa shape index (κ3) is 3.42. The predicted octanol–water partition coefficient (Wildman–Crippen LogP) is 3.82. The maximum absolute atomic E-state index is 5.99. The first-order chi connectivity index (χ1) is 10.3. The lowest BCUT2D eigenvalue weighted by Gasteiger charge is -2.33. The topological polar surface area (TPSA) is 25.4 Å². The molecule has 21 heavy (non-hydrogen) atoms. The van der Waals surface area contributed by atoms with Crippen LogP contribution < -0.4 is 4.74 Å². The highest BCUT2D eigenvalue weighted by atomic mass is 16.5. The summed E-state index contributed by atoms with van der Waals surface area (Å²) in [5.74, 6) is 0.778. The molecule has 1 atom stereocenters. The molecule has 2 aromatic rings. The zero-order valence-electron chi connectivity index (χ0n) is 12.5. The fourth-order valence-corrected chi connectivity index (χ4v) is 2.97. The van der Waals surface area contributed by atoms with Crippen LogP contribution in [0.25, 0.3) is 0 Å². The molecule has 1 aromatic carbocycles. The van der Waals surface area contributed by atoms with Gasteiger partial charge in [0.05, 0.1) is 0 Å². The molecule has 0 N–H and O–H groups in total. The first kappa shape index (κ1) is 14.1. The molecule has 1 aliphatic heterocycles. The highest BCUT2D eigenvalue weighted by Gasteiger charge is 2.24. The first-order valence-electron chi connectivity index (χ1n) is 7.66. The number of rotatable bonds is 4. The number of aromatic nitrogens is 1. The van der Waals surface area contributed by atoms with Crippen molar-refractivity contribution >= 4 is 0 Å². The fraction of sp³-hybridized carbons (Fsp3) is 0.389. The van der Waals surface area contributed by atoms with Crippen molar-refractivity contribution in [2.75, 3.05) is 13.6 Å². The summed E-state index contributed by atoms with van der Waals surface area (Å²) in [4.78, 5) is 6.87. The smallest absolute Gasteiger partial charge is 0.218 e. The van der Waals surface area contributed by atoms with Gasteiger partial charge in [0.2, 0.25) is 5.88 Å². The summed E-state index contributed by atoms with van der Waals surface area (Å²) in [6.45, 7) is 1.72. The van der Waals surface area contributed by atoms with Crippen LogP contribution in [-0.4, -0.2) is 23.5 Å². The van der Waals surface area contributed by atoms with E-state index in [2.05, 4.69) is 35.1 Å². The molecule has 0 unspecified atom stereocenters. The minimum Gasteiger partial charge on any atom is -0.473 e. The van der Waals surface area contributed by atoms with Crippen LogP contribution in [0.5, 0.6) is 5.88 Å². The van der Waals surface area contributed by atoms with E-state index in [9.17, 15) is 0 Å². The number of hydrogen-bond acceptors (Lipinski definition) is 3. The molecule has 0 saturated carbocycles. The van der Waals surface area contributed by atoms with Crippen LogP contribution in [0.4, 0.5) is 0 Å². The lowest BCUT2D eigenvalue weighted by atomic mass is 9.96. The van der Waals surface area contributed by atoms with E-state index < -0.39 is 0 Å². The summed E-state index contributed by atoms with van der Waals surface area (Å²) in [5.41, 5.74) is 2.39. The van der Waals surface area contributed by atoms with Gasteiger partial charge < -0.3 is 4.74 Å². The van der Waals surface area contributed by atoms with Gasteiger partial charge in [-0.25, -0.2) is 4.98 Å². The number of piperidine rings is 1. The van der Waals surface area contributed by atoms with Gasteiger partial charge in [0, 0.05) is 17.8 Å². The van der Waals surface area contributed by atoms with E-state index in [-0.39, 0.29) is 0 Å². The Kier molecular flexibility index (Phi) is 4.51. The van der Waals surface area contributed by atoms with Gasteiger partial charge >= 0.3 is 0 Å². The van der Waals surface area contributed by atoms with Crippen LogP contribution in [0.15, 0.2) is 48.7 Å². The summed E-state index contributed by atoms with van der Waals surface area (Å²) in [5, 5.41) is 0. The van der Waals surface area contributed by atoms with Crippen molar-refractivity contribution in [2.24, 2.45) is 0 Å². The molecule has 0 bridgehead atoms. The van der Waals surface area contributed by atoms with Gasteiger partial charge in [-0.1, -0.05) is 42.8 Å². The second-order valence-corrected chi connectivity index (χ2v) is 5.66. The number of likely N-dealkylation sites (tertiary alicyclic amines) is 1. The molecule has 1 aliphatic rings. The Balaban J connectivity index is 1.76. The summed E-state index contributed by atoms with van der Waals surface area (Å²) < 4.78 is 5.99. The zero-order chi connectivity index (χ0) is 14.5. The number of hydrogen-bond donors (Lipinski definition) is 0. The Morgan fingerprint density at radius 3 is 2.81 bits per heavy atom. The van der Waals surface area contributed by atoms with Crippen molar-refractivity contribution in [3.8, 4) is 5.88 Å². The van der Waals surface area contributed by atoms with E-state index in [1.54, 1.807) is 0 Å². The SMILES string of the molecule is CN1CCCC[C@H]1c1cccnc1OCc1ccccc1. The lowest BCUT2D eigenvalue weighted by Crippen LogP contribution is -2.30. The lowest BCUT2D eigenvalue weighted by molar-refractivity contribution is 0.179. The number of benzene rings is 1. The first-order valence-corrected chi connectivity index (χ1v) is 7.66. The quantitative estimate of drug-likeness (QED) is 0.852. The zero-order valence-corrected chi connectivity index (χ0v) is 12.5. The average molecular weight is 282 g/mol. The summed E-state index contributed by atoms with van der Waals surface area (Å²) in [6.07, 6.45) is 5.56. The van der Waals surface area contributed by atoms with Crippen molar-refractivity contribution in [1.29, 1.82) is 0 Å². The van der Waals surface area contributed by atoms with Gasteiger partial charge in [0.15, 0.2) is 0 Å². The van der Waals surface area contributed by atoms with Gasteiger partial charge in [-0.2, -0.15) is 0 Å². The summed E-state index contributed by atoms with van der Waals surface area (Å²) >= 11 is 0. The predicted molar refractivity (Wildman–Crippen MR) is 84.2 cm³/mol. The van der Waals surface area contributed by atoms with Crippen molar-refractivity contribution in [3.63, 3.8) is 0 Å². The third-order valence-corrected chi connectivity index (χ3v) is 4.15. The molecule has 2 heterocycles. The number of ether oxygens (including phenoxy) is 1. The highest BCUT2D eigenvalue weighted by molar-refractivity contribution is 5.30. The Labute approximate surface area is 126 Å². The van der Waals surface area contributed by atoms with E-state index in [4.69, 9.17) is 4.74 Å². The van der Waals surface area contributed by atoms with Crippen LogP contribution in [0.3, 0.4) is 0 Å². The van der Waals surface area contributed by atoms with E-state index in [1.807, 2.05) is 30.5 Å². The Morgan fingerprint density at radius 1 is 1.14 bits per heavy atom. The van der Waals surface area contributed by atoms with Crippen molar-refractivity contribution < 1.29 is 4.74 Å². The van der Waals surface area contributed by atoms with E-state index in [1.165, 1.54) is 30.4 Å². The molecule has 0 spiro atoms. The van der Waals surface area contributed by atoms with Gasteiger partial charge in [0.25, 0.3) is 0 Å². The molecule has 3 rings (SSSR count). The van der Waals surface area contributed by atoms with Gasteiger partial charge in [-0.15, -0.1) is 0 Å². The Morgan fingerprint density at radius 2 is 2.00 bits per heavy atom. The van der Waals surface area contributed by atoms with Gasteiger partial charge in [0.1, 0.15) is 6.61 Å². The molecular weight excluding hydrogens is 260 g/mol. The van der Waals surface area contributed by atoms with Crippen molar-refractivity contribution in [2.45, 2.75) is 31.9 Å². The molecule has 0 radical (unpaired) electrons.